The van der Waals surface area contributed by atoms with Crippen LogP contribution in [0.25, 0.3) is 0 Å². The predicted octanol–water partition coefficient (Wildman–Crippen LogP) is 2.82. The summed E-state index contributed by atoms with van der Waals surface area (Å²) >= 11 is 0. The number of nitrogens with one attached hydrogen (secondary N) is 3. The van der Waals surface area contributed by atoms with E-state index in [0.29, 0.717) is 6.04 Å². The molecule has 2 bridgehead atoms. The first-order chi connectivity index (χ1) is 37.8. The van der Waals surface area contributed by atoms with E-state index in [1.807, 2.05) is 37.3 Å². The molecule has 22 nitrogen and oxygen atoms in total. The van der Waals surface area contributed by atoms with E-state index >= 15 is 0 Å². The van der Waals surface area contributed by atoms with E-state index in [1.165, 1.54) is 14.0 Å². The number of methoxy groups -OCH3 is 1. The largest absolute Gasteiger partial charge is 0.462 e. The molecule has 13 N–H and O–H groups in total. The Morgan fingerprint density at radius 3 is 1.90 bits per heavy atom. The number of hydrogen-bond donors (Lipinski definition) is 13. The van der Waals surface area contributed by atoms with E-state index in [2.05, 4.69) is 35.6 Å². The van der Waals surface area contributed by atoms with Crippen molar-refractivity contribution < 1.29 is 93.9 Å². The highest BCUT2D eigenvalue weighted by molar-refractivity contribution is 6.76. The molecule has 0 aromatic heterocycles. The van der Waals surface area contributed by atoms with Gasteiger partial charge in [0.15, 0.2) is 12.1 Å². The van der Waals surface area contributed by atoms with Gasteiger partial charge in [0, 0.05) is 65.9 Å². The highest BCUT2D eigenvalue weighted by atomic mass is 28.3. The summed E-state index contributed by atoms with van der Waals surface area (Å²) < 4.78 is 35.9. The normalized spacial score (nSPS) is 39.2. The molecule has 456 valence electrons. The van der Waals surface area contributed by atoms with E-state index in [4.69, 9.17) is 28.4 Å². The Bertz CT molecular complexity index is 2050. The maximum absolute atomic E-state index is 13.3. The van der Waals surface area contributed by atoms with Crippen molar-refractivity contribution in [3.63, 3.8) is 0 Å². The predicted molar refractivity (Wildman–Crippen MR) is 301 cm³/mol. The van der Waals surface area contributed by atoms with E-state index in [-0.39, 0.29) is 70.6 Å². The van der Waals surface area contributed by atoms with Crippen LogP contribution in [-0.4, -0.2) is 208 Å². The van der Waals surface area contributed by atoms with Crippen LogP contribution < -0.4 is 16.0 Å². The van der Waals surface area contributed by atoms with Crippen molar-refractivity contribution in [3.05, 3.63) is 85.1 Å². The minimum atomic E-state index is -1.78. The summed E-state index contributed by atoms with van der Waals surface area (Å²) in [6.45, 7) is 13.2. The van der Waals surface area contributed by atoms with Gasteiger partial charge in [0.2, 0.25) is 0 Å². The third kappa shape index (κ3) is 25.5. The SMILES string of the molecule is CO[C@]12C[C@@H](O)C[C@@H](O)[C@H](O)CC[C@@H](O)C[C@@H](O)CC(=O)O[C@@H](C)[C@H](C)[C@H](O)[C@@H](C)/C=C/C=C/C=C/C=C/C=C/C=C/C=C/[C@H](O[C@@H]3O[C@H](C)[C@@H](O)[C@H](NC(=O)OCC[Si](C)(C)C)[C@@H]3O)C[C@H](O1)[C@H](NC(=O)NCCCO)[C@@H](O)C2. The summed E-state index contributed by atoms with van der Waals surface area (Å²) in [7, 11) is -0.283. The molecule has 3 aliphatic heterocycles. The maximum atomic E-state index is 13.3. The molecule has 0 unspecified atom stereocenters. The molecule has 19 atom stereocenters. The number of esters is 1. The second kappa shape index (κ2) is 35.8. The fraction of sp³-hybridized carbons (Fsp3) is 0.702. The number of aliphatic hydroxyl groups is 10. The lowest BCUT2D eigenvalue weighted by Crippen LogP contribution is -2.65. The van der Waals surface area contributed by atoms with Crippen molar-refractivity contribution in [2.45, 2.75) is 215 Å². The van der Waals surface area contributed by atoms with Crippen LogP contribution in [0.2, 0.25) is 25.7 Å². The Balaban J connectivity index is 2.01. The van der Waals surface area contributed by atoms with Crippen LogP contribution in [0.1, 0.15) is 85.5 Å². The second-order valence-electron chi connectivity index (χ2n) is 22.4. The van der Waals surface area contributed by atoms with Crippen molar-refractivity contribution in [2.24, 2.45) is 11.8 Å². The standard InChI is InChI=1S/C57H95N3O19Si/c1-36-22-19-17-15-13-11-9-10-12-14-16-18-20-23-43(78-54-53(71)50(52(70)39(4)77-54)60-56(73)75-28-29-80(6,7)8)33-47-49(59-55(72)58-26-21-27-61)46(67)35-57(74-5,79-47)34-42(64)31-45(66)44(65)25-24-40(62)30-41(63)32-48(68)76-38(3)37(2)51(36)69/h9-20,22-23,36-47,49-54,61-67,69-71H,21,24-35H2,1-8H3,(H,60,73)(H2,58,59,72)/b10-9+,13-11+,14-12+,17-15+,18-16+,22-19+,23-20+/t36-,37-,38-,39+,40+,41+,42-,43-,44+,45+,46-,47-,49+,50-,51+,52+,53-,54-,57+/m0/s1. The molecule has 3 amide bonds. The summed E-state index contributed by atoms with van der Waals surface area (Å²) in [4.78, 5) is 39.0. The molecule has 2 saturated heterocycles. The van der Waals surface area contributed by atoms with E-state index in [9.17, 15) is 65.4 Å². The van der Waals surface area contributed by atoms with Gasteiger partial charge in [-0.1, -0.05) is 119 Å². The van der Waals surface area contributed by atoms with Gasteiger partial charge in [0.05, 0.1) is 86.2 Å². The molecule has 2 fully saturated rings. The third-order valence-electron chi connectivity index (χ3n) is 14.3. The van der Waals surface area contributed by atoms with Gasteiger partial charge in [-0.3, -0.25) is 4.79 Å². The Hall–Kier alpha value is -4.15. The molecular weight excluding hydrogens is 1060 g/mol. The molecule has 0 aromatic carbocycles. The van der Waals surface area contributed by atoms with Gasteiger partial charge in [0.1, 0.15) is 18.3 Å². The van der Waals surface area contributed by atoms with Gasteiger partial charge in [-0.25, -0.2) is 9.59 Å². The van der Waals surface area contributed by atoms with Gasteiger partial charge in [-0.2, -0.15) is 0 Å². The first kappa shape index (κ1) is 70.1. The fourth-order valence-corrected chi connectivity index (χ4v) is 9.99. The molecule has 80 heavy (non-hydrogen) atoms. The van der Waals surface area contributed by atoms with Gasteiger partial charge < -0.3 is 95.4 Å². The molecule has 3 heterocycles. The number of urea groups is 1. The molecule has 3 aliphatic rings. The number of rotatable bonds is 11. The van der Waals surface area contributed by atoms with Crippen LogP contribution >= 0.6 is 0 Å². The van der Waals surface area contributed by atoms with E-state index in [0.717, 1.165) is 0 Å². The number of allylic oxidation sites excluding steroid dienone is 12. The van der Waals surface area contributed by atoms with Gasteiger partial charge in [-0.05, 0) is 45.6 Å². The number of carbonyl (C=O) groups is 3. The molecule has 0 spiro atoms. The zero-order chi connectivity index (χ0) is 59.6. The van der Waals surface area contributed by atoms with E-state index < -0.39 is 148 Å². The van der Waals surface area contributed by atoms with Crippen molar-refractivity contribution in [1.82, 2.24) is 16.0 Å². The zero-order valence-electron chi connectivity index (χ0n) is 47.8. The molecule has 0 aromatic rings. The van der Waals surface area contributed by atoms with E-state index in [1.54, 1.807) is 68.5 Å². The second-order valence-corrected chi connectivity index (χ2v) is 28.0. The van der Waals surface area contributed by atoms with Crippen LogP contribution in [0, 0.1) is 11.8 Å². The number of alkyl carbamates (subject to hydrolysis) is 1. The number of fused-ring (bicyclic) bond motifs is 2. The quantitative estimate of drug-likeness (QED) is 0.0803. The lowest BCUT2D eigenvalue weighted by Gasteiger charge is -2.48. The summed E-state index contributed by atoms with van der Waals surface area (Å²) in [6, 6.07) is -2.49. The summed E-state index contributed by atoms with van der Waals surface area (Å²) in [5.41, 5.74) is 0. The average molecular weight is 1150 g/mol. The minimum Gasteiger partial charge on any atom is -0.462 e. The zero-order valence-corrected chi connectivity index (χ0v) is 48.8. The van der Waals surface area contributed by atoms with Crippen LogP contribution in [0.5, 0.6) is 0 Å². The Morgan fingerprint density at radius 1 is 0.688 bits per heavy atom. The molecule has 0 radical (unpaired) electrons. The summed E-state index contributed by atoms with van der Waals surface area (Å²) in [6.07, 6.45) is 4.23. The van der Waals surface area contributed by atoms with Crippen LogP contribution in [-0.2, 0) is 33.2 Å². The number of hydrogen-bond acceptors (Lipinski definition) is 19. The molecular formula is C57H95N3O19Si. The summed E-state index contributed by atoms with van der Waals surface area (Å²) in [5, 5.41) is 118. The van der Waals surface area contributed by atoms with Crippen LogP contribution in [0.15, 0.2) is 85.1 Å². The Kier molecular flexibility index (Phi) is 31.3. The third-order valence-corrected chi connectivity index (χ3v) is 16.0. The minimum absolute atomic E-state index is 0.0932. The lowest BCUT2D eigenvalue weighted by molar-refractivity contribution is -0.311. The van der Waals surface area contributed by atoms with Gasteiger partial charge in [-0.15, -0.1) is 0 Å². The first-order valence-electron chi connectivity index (χ1n) is 27.9. The molecule has 0 aliphatic carbocycles. The topological polar surface area (TPSA) is 345 Å². The molecule has 0 saturated carbocycles. The van der Waals surface area contributed by atoms with Crippen molar-refractivity contribution >= 4 is 26.2 Å². The van der Waals surface area contributed by atoms with Crippen molar-refractivity contribution in [2.75, 3.05) is 26.9 Å². The first-order valence-corrected chi connectivity index (χ1v) is 31.6. The fourth-order valence-electron chi connectivity index (χ4n) is 9.28. The lowest BCUT2D eigenvalue weighted by atomic mass is 9.86. The maximum Gasteiger partial charge on any atom is 0.407 e. The highest BCUT2D eigenvalue weighted by Crippen LogP contribution is 2.38. The summed E-state index contributed by atoms with van der Waals surface area (Å²) in [5.74, 6) is -3.26. The van der Waals surface area contributed by atoms with Crippen molar-refractivity contribution in [3.8, 4) is 0 Å². The molecule has 3 rings (SSSR count). The van der Waals surface area contributed by atoms with Gasteiger partial charge in [0.25, 0.3) is 0 Å². The molecule has 23 heteroatoms. The number of cyclic esters (lactones) is 1. The Morgan fingerprint density at radius 2 is 1.30 bits per heavy atom. The average Bonchev–Trinajstić information content (AvgIpc) is 3.38. The number of carbonyl (C=O) groups excluding carboxylic acids is 3. The number of amides is 3. The Labute approximate surface area is 472 Å². The smallest absolute Gasteiger partial charge is 0.407 e. The van der Waals surface area contributed by atoms with Crippen LogP contribution in [0.3, 0.4) is 0 Å². The monoisotopic (exact) mass is 1150 g/mol. The van der Waals surface area contributed by atoms with Crippen LogP contribution in [0.4, 0.5) is 9.59 Å². The number of ether oxygens (including phenoxy) is 6. The number of aliphatic hydroxyl groups excluding tert-OH is 10. The van der Waals surface area contributed by atoms with Crippen molar-refractivity contribution in [1.29, 1.82) is 0 Å². The van der Waals surface area contributed by atoms with Gasteiger partial charge >= 0.3 is 18.1 Å². The highest BCUT2D eigenvalue weighted by Gasteiger charge is 2.51.